The second-order valence-electron chi connectivity index (χ2n) is 4.70. The van der Waals surface area contributed by atoms with Gasteiger partial charge in [-0.2, -0.15) is 4.98 Å². The average molecular weight is 328 g/mol. The number of hydrogen-bond acceptors (Lipinski definition) is 4. The molecule has 116 valence electrons. The SMILES string of the molecule is Fc1cccc(NC(=S)NCc2nc(-c3ccccc3)no2)c1. The van der Waals surface area contributed by atoms with E-state index in [0.717, 1.165) is 5.56 Å². The fourth-order valence-corrected chi connectivity index (χ4v) is 2.12. The zero-order valence-electron chi connectivity index (χ0n) is 12.0. The van der Waals surface area contributed by atoms with Gasteiger partial charge in [0, 0.05) is 11.3 Å². The van der Waals surface area contributed by atoms with E-state index in [4.69, 9.17) is 16.7 Å². The summed E-state index contributed by atoms with van der Waals surface area (Å²) < 4.78 is 18.3. The van der Waals surface area contributed by atoms with E-state index in [1.54, 1.807) is 12.1 Å². The van der Waals surface area contributed by atoms with E-state index >= 15 is 0 Å². The molecule has 3 rings (SSSR count). The van der Waals surface area contributed by atoms with Crippen LogP contribution in [0.2, 0.25) is 0 Å². The molecule has 7 heteroatoms. The van der Waals surface area contributed by atoms with Crippen molar-refractivity contribution in [2.75, 3.05) is 5.32 Å². The molecule has 0 bridgehead atoms. The van der Waals surface area contributed by atoms with Crippen molar-refractivity contribution in [2.24, 2.45) is 0 Å². The standard InChI is InChI=1S/C16H13FN4OS/c17-12-7-4-8-13(9-12)19-16(23)18-10-14-20-15(21-22-14)11-5-2-1-3-6-11/h1-9H,10H2,(H2,18,19,23). The molecule has 1 heterocycles. The van der Waals surface area contributed by atoms with Crippen molar-refractivity contribution in [2.45, 2.75) is 6.54 Å². The minimum absolute atomic E-state index is 0.279. The molecule has 0 fully saturated rings. The summed E-state index contributed by atoms with van der Waals surface area (Å²) in [7, 11) is 0. The van der Waals surface area contributed by atoms with Gasteiger partial charge in [0.25, 0.3) is 0 Å². The number of halogens is 1. The van der Waals surface area contributed by atoms with Crippen LogP contribution in [0.5, 0.6) is 0 Å². The molecule has 0 aliphatic heterocycles. The van der Waals surface area contributed by atoms with E-state index in [-0.39, 0.29) is 12.4 Å². The van der Waals surface area contributed by atoms with Gasteiger partial charge in [-0.05, 0) is 30.4 Å². The van der Waals surface area contributed by atoms with Gasteiger partial charge < -0.3 is 15.2 Å². The molecule has 1 aromatic heterocycles. The third-order valence-electron chi connectivity index (χ3n) is 2.98. The van der Waals surface area contributed by atoms with E-state index in [0.29, 0.717) is 22.5 Å². The van der Waals surface area contributed by atoms with Gasteiger partial charge in [0.05, 0.1) is 6.54 Å². The van der Waals surface area contributed by atoms with Crippen molar-refractivity contribution in [3.63, 3.8) is 0 Å². The van der Waals surface area contributed by atoms with Gasteiger partial charge in [0.1, 0.15) is 5.82 Å². The van der Waals surface area contributed by atoms with Crippen molar-refractivity contribution in [3.05, 3.63) is 66.3 Å². The monoisotopic (exact) mass is 328 g/mol. The predicted octanol–water partition coefficient (Wildman–Crippen LogP) is 3.36. The second kappa shape index (κ2) is 6.97. The van der Waals surface area contributed by atoms with Gasteiger partial charge in [-0.25, -0.2) is 4.39 Å². The van der Waals surface area contributed by atoms with E-state index in [9.17, 15) is 4.39 Å². The zero-order valence-corrected chi connectivity index (χ0v) is 12.8. The van der Waals surface area contributed by atoms with Crippen LogP contribution in [-0.2, 0) is 6.54 Å². The Morgan fingerprint density at radius 2 is 1.96 bits per heavy atom. The maximum absolute atomic E-state index is 13.1. The van der Waals surface area contributed by atoms with Crippen LogP contribution in [0.3, 0.4) is 0 Å². The highest BCUT2D eigenvalue weighted by Crippen LogP contribution is 2.14. The summed E-state index contributed by atoms with van der Waals surface area (Å²) in [6.45, 7) is 0.279. The molecular formula is C16H13FN4OS. The molecule has 2 N–H and O–H groups in total. The van der Waals surface area contributed by atoms with Crippen LogP contribution in [0, 0.1) is 5.82 Å². The minimum atomic E-state index is -0.331. The van der Waals surface area contributed by atoms with Gasteiger partial charge in [-0.3, -0.25) is 0 Å². The predicted molar refractivity (Wildman–Crippen MR) is 89.2 cm³/mol. The first kappa shape index (κ1) is 15.1. The van der Waals surface area contributed by atoms with Crippen LogP contribution in [0.4, 0.5) is 10.1 Å². The summed E-state index contributed by atoms with van der Waals surface area (Å²) in [6.07, 6.45) is 0. The van der Waals surface area contributed by atoms with Gasteiger partial charge in [0.15, 0.2) is 5.11 Å². The molecule has 5 nitrogen and oxygen atoms in total. The van der Waals surface area contributed by atoms with Crippen molar-refractivity contribution < 1.29 is 8.91 Å². The molecule has 0 radical (unpaired) electrons. The number of benzene rings is 2. The van der Waals surface area contributed by atoms with Crippen LogP contribution >= 0.6 is 12.2 Å². The van der Waals surface area contributed by atoms with Crippen LogP contribution in [0.15, 0.2) is 59.1 Å². The van der Waals surface area contributed by atoms with E-state index in [2.05, 4.69) is 20.8 Å². The van der Waals surface area contributed by atoms with Crippen molar-refractivity contribution in [3.8, 4) is 11.4 Å². The first-order chi connectivity index (χ1) is 11.2. The first-order valence-corrected chi connectivity index (χ1v) is 7.30. The molecule has 0 unspecified atom stereocenters. The summed E-state index contributed by atoms with van der Waals surface area (Å²) in [6, 6.07) is 15.6. The number of rotatable bonds is 4. The molecular weight excluding hydrogens is 315 g/mol. The van der Waals surface area contributed by atoms with Crippen LogP contribution in [-0.4, -0.2) is 15.3 Å². The number of aromatic nitrogens is 2. The normalized spacial score (nSPS) is 10.3. The largest absolute Gasteiger partial charge is 0.353 e. The minimum Gasteiger partial charge on any atom is -0.353 e. The van der Waals surface area contributed by atoms with E-state index in [1.807, 2.05) is 30.3 Å². The fourth-order valence-electron chi connectivity index (χ4n) is 1.93. The van der Waals surface area contributed by atoms with Crippen molar-refractivity contribution in [1.82, 2.24) is 15.5 Å². The summed E-state index contributed by atoms with van der Waals surface area (Å²) >= 11 is 5.14. The highest BCUT2D eigenvalue weighted by atomic mass is 32.1. The van der Waals surface area contributed by atoms with E-state index < -0.39 is 0 Å². The number of anilines is 1. The van der Waals surface area contributed by atoms with Crippen molar-refractivity contribution >= 4 is 23.0 Å². The first-order valence-electron chi connectivity index (χ1n) is 6.89. The number of thiocarbonyl (C=S) groups is 1. The summed E-state index contributed by atoms with van der Waals surface area (Å²) in [5.74, 6) is 0.598. The molecule has 0 spiro atoms. The third-order valence-corrected chi connectivity index (χ3v) is 3.23. The maximum Gasteiger partial charge on any atom is 0.246 e. The van der Waals surface area contributed by atoms with E-state index in [1.165, 1.54) is 12.1 Å². The summed E-state index contributed by atoms with van der Waals surface area (Å²) in [5, 5.41) is 10.1. The smallest absolute Gasteiger partial charge is 0.246 e. The molecule has 0 amide bonds. The van der Waals surface area contributed by atoms with Gasteiger partial charge in [-0.15, -0.1) is 0 Å². The number of hydrogen-bond donors (Lipinski definition) is 2. The Morgan fingerprint density at radius 1 is 1.13 bits per heavy atom. The second-order valence-corrected chi connectivity index (χ2v) is 5.10. The lowest BCUT2D eigenvalue weighted by atomic mass is 10.2. The Balaban J connectivity index is 1.56. The van der Waals surface area contributed by atoms with Gasteiger partial charge in [-0.1, -0.05) is 41.6 Å². The molecule has 0 aliphatic carbocycles. The highest BCUT2D eigenvalue weighted by Gasteiger charge is 2.08. The van der Waals surface area contributed by atoms with Crippen LogP contribution in [0.25, 0.3) is 11.4 Å². The molecule has 3 aromatic rings. The topological polar surface area (TPSA) is 63.0 Å². The highest BCUT2D eigenvalue weighted by molar-refractivity contribution is 7.80. The molecule has 23 heavy (non-hydrogen) atoms. The van der Waals surface area contributed by atoms with Gasteiger partial charge >= 0.3 is 0 Å². The Kier molecular flexibility index (Phi) is 4.58. The van der Waals surface area contributed by atoms with Crippen LogP contribution < -0.4 is 10.6 Å². The third kappa shape index (κ3) is 4.10. The Hall–Kier alpha value is -2.80. The molecule has 0 saturated heterocycles. The zero-order chi connectivity index (χ0) is 16.1. The molecule has 0 saturated carbocycles. The Labute approximate surface area is 137 Å². The lowest BCUT2D eigenvalue weighted by Crippen LogP contribution is -2.28. The molecule has 0 aliphatic rings. The summed E-state index contributed by atoms with van der Waals surface area (Å²) in [4.78, 5) is 4.29. The quantitative estimate of drug-likeness (QED) is 0.716. The number of nitrogens with one attached hydrogen (secondary N) is 2. The summed E-state index contributed by atoms with van der Waals surface area (Å²) in [5.41, 5.74) is 1.45. The fraction of sp³-hybridized carbons (Fsp3) is 0.0625. The average Bonchev–Trinajstić information content (AvgIpc) is 3.03. The number of nitrogens with zero attached hydrogens (tertiary/aromatic N) is 2. The molecule has 2 aromatic carbocycles. The van der Waals surface area contributed by atoms with Gasteiger partial charge in [0.2, 0.25) is 11.7 Å². The lowest BCUT2D eigenvalue weighted by Gasteiger charge is -2.08. The maximum atomic E-state index is 13.1. The van der Waals surface area contributed by atoms with Crippen molar-refractivity contribution in [1.29, 1.82) is 0 Å². The van der Waals surface area contributed by atoms with Crippen LogP contribution in [0.1, 0.15) is 5.89 Å². The lowest BCUT2D eigenvalue weighted by molar-refractivity contribution is 0.376. The molecule has 0 atom stereocenters. The Morgan fingerprint density at radius 3 is 2.74 bits per heavy atom. The Bertz CT molecular complexity index is 807.